The minimum atomic E-state index is -0.620. The zero-order valence-electron chi connectivity index (χ0n) is 11.5. The topological polar surface area (TPSA) is 88.3 Å². The summed E-state index contributed by atoms with van der Waals surface area (Å²) in [5, 5.41) is 3.98. The predicted octanol–water partition coefficient (Wildman–Crippen LogP) is 0.134. The highest BCUT2D eigenvalue weighted by molar-refractivity contribution is 6.06. The molecule has 2 aromatic rings. The lowest BCUT2D eigenvalue weighted by Crippen LogP contribution is -2.58. The monoisotopic (exact) mass is 284 g/mol. The average Bonchev–Trinajstić information content (AvgIpc) is 2.53. The van der Waals surface area contributed by atoms with Gasteiger partial charge in [-0.3, -0.25) is 14.6 Å². The second-order valence-corrected chi connectivity index (χ2v) is 5.00. The van der Waals surface area contributed by atoms with E-state index in [9.17, 15) is 9.59 Å². The van der Waals surface area contributed by atoms with E-state index in [1.165, 1.54) is 4.90 Å². The number of aromatic nitrogens is 1. The summed E-state index contributed by atoms with van der Waals surface area (Å²) in [6.45, 7) is 1.49. The number of pyridine rings is 1. The Balaban J connectivity index is 2.01. The zero-order valence-corrected chi connectivity index (χ0v) is 11.5. The Bertz CT molecular complexity index is 696. The maximum atomic E-state index is 12.8. The van der Waals surface area contributed by atoms with Crippen molar-refractivity contribution in [3.05, 3.63) is 42.1 Å². The van der Waals surface area contributed by atoms with E-state index in [1.54, 1.807) is 12.3 Å². The molecular formula is C15H16N4O2. The Kier molecular flexibility index (Phi) is 3.53. The number of benzene rings is 1. The van der Waals surface area contributed by atoms with Crippen molar-refractivity contribution in [1.82, 2.24) is 15.2 Å². The summed E-state index contributed by atoms with van der Waals surface area (Å²) in [4.78, 5) is 30.1. The van der Waals surface area contributed by atoms with E-state index < -0.39 is 11.9 Å². The average molecular weight is 284 g/mol. The number of nitrogens with two attached hydrogens (primary N) is 1. The van der Waals surface area contributed by atoms with Crippen molar-refractivity contribution in [1.29, 1.82) is 0 Å². The van der Waals surface area contributed by atoms with Crippen LogP contribution < -0.4 is 11.1 Å². The Labute approximate surface area is 121 Å². The van der Waals surface area contributed by atoms with Gasteiger partial charge in [-0.15, -0.1) is 0 Å². The van der Waals surface area contributed by atoms with Crippen molar-refractivity contribution >= 4 is 22.7 Å². The van der Waals surface area contributed by atoms with Gasteiger partial charge < -0.3 is 16.0 Å². The third-order valence-electron chi connectivity index (χ3n) is 3.70. The predicted molar refractivity (Wildman–Crippen MR) is 78.6 cm³/mol. The van der Waals surface area contributed by atoms with Crippen LogP contribution in [0.1, 0.15) is 10.4 Å². The molecule has 1 aromatic heterocycles. The molecule has 1 unspecified atom stereocenters. The van der Waals surface area contributed by atoms with Gasteiger partial charge in [0.25, 0.3) is 5.91 Å². The largest absolute Gasteiger partial charge is 0.368 e. The van der Waals surface area contributed by atoms with Crippen molar-refractivity contribution in [2.24, 2.45) is 5.73 Å². The standard InChI is InChI=1S/C15H16N4O2/c16-14(20)12-9-17-7-8-19(12)15(21)11-5-1-3-10-4-2-6-18-13(10)11/h1-6,12,17H,7-9H2,(H2,16,20). The van der Waals surface area contributed by atoms with Crippen molar-refractivity contribution in [3.63, 3.8) is 0 Å². The second-order valence-electron chi connectivity index (χ2n) is 5.00. The molecule has 0 spiro atoms. The molecule has 1 aliphatic heterocycles. The summed E-state index contributed by atoms with van der Waals surface area (Å²) in [5.41, 5.74) is 6.54. The second kappa shape index (κ2) is 5.49. The maximum Gasteiger partial charge on any atom is 0.256 e. The first-order valence-electron chi connectivity index (χ1n) is 6.83. The summed E-state index contributed by atoms with van der Waals surface area (Å²) in [6.07, 6.45) is 1.66. The molecule has 6 nitrogen and oxygen atoms in total. The molecule has 1 saturated heterocycles. The number of amides is 2. The van der Waals surface area contributed by atoms with Crippen LogP contribution in [0.2, 0.25) is 0 Å². The molecule has 0 aliphatic carbocycles. The Morgan fingerprint density at radius 2 is 2.10 bits per heavy atom. The highest BCUT2D eigenvalue weighted by Gasteiger charge is 2.31. The van der Waals surface area contributed by atoms with Crippen LogP contribution in [-0.2, 0) is 4.79 Å². The lowest BCUT2D eigenvalue weighted by Gasteiger charge is -2.34. The van der Waals surface area contributed by atoms with Crippen LogP contribution in [0.25, 0.3) is 10.9 Å². The fraction of sp³-hybridized carbons (Fsp3) is 0.267. The third-order valence-corrected chi connectivity index (χ3v) is 3.70. The number of para-hydroxylation sites is 1. The van der Waals surface area contributed by atoms with E-state index in [0.29, 0.717) is 30.7 Å². The van der Waals surface area contributed by atoms with Gasteiger partial charge in [-0.05, 0) is 12.1 Å². The molecule has 3 N–H and O–H groups in total. The summed E-state index contributed by atoms with van der Waals surface area (Å²) in [6, 6.07) is 8.57. The highest BCUT2D eigenvalue weighted by atomic mass is 16.2. The van der Waals surface area contributed by atoms with E-state index in [1.807, 2.05) is 24.3 Å². The quantitative estimate of drug-likeness (QED) is 0.820. The Hall–Kier alpha value is -2.47. The molecule has 0 bridgehead atoms. The molecule has 0 radical (unpaired) electrons. The number of primary amides is 1. The number of rotatable bonds is 2. The minimum Gasteiger partial charge on any atom is -0.368 e. The van der Waals surface area contributed by atoms with Crippen molar-refractivity contribution in [2.75, 3.05) is 19.6 Å². The van der Waals surface area contributed by atoms with E-state index in [2.05, 4.69) is 10.3 Å². The lowest BCUT2D eigenvalue weighted by molar-refractivity contribution is -0.122. The smallest absolute Gasteiger partial charge is 0.256 e. The van der Waals surface area contributed by atoms with E-state index >= 15 is 0 Å². The molecule has 2 heterocycles. The van der Waals surface area contributed by atoms with E-state index in [0.717, 1.165) is 5.39 Å². The molecule has 108 valence electrons. The first-order valence-corrected chi connectivity index (χ1v) is 6.83. The van der Waals surface area contributed by atoms with Crippen molar-refractivity contribution in [2.45, 2.75) is 6.04 Å². The van der Waals surface area contributed by atoms with Gasteiger partial charge in [-0.25, -0.2) is 0 Å². The summed E-state index contributed by atoms with van der Waals surface area (Å²) >= 11 is 0. The number of hydrogen-bond acceptors (Lipinski definition) is 4. The molecule has 1 fully saturated rings. The fourth-order valence-electron chi connectivity index (χ4n) is 2.63. The summed E-state index contributed by atoms with van der Waals surface area (Å²) < 4.78 is 0. The molecule has 6 heteroatoms. The van der Waals surface area contributed by atoms with Crippen LogP contribution in [0.15, 0.2) is 36.5 Å². The van der Waals surface area contributed by atoms with Crippen LogP contribution in [0.5, 0.6) is 0 Å². The van der Waals surface area contributed by atoms with Crippen molar-refractivity contribution in [3.8, 4) is 0 Å². The zero-order chi connectivity index (χ0) is 14.8. The number of carbonyl (C=O) groups excluding carboxylic acids is 2. The van der Waals surface area contributed by atoms with Gasteiger partial charge in [0, 0.05) is 31.2 Å². The summed E-state index contributed by atoms with van der Waals surface area (Å²) in [5.74, 6) is -0.701. The van der Waals surface area contributed by atoms with Crippen LogP contribution in [0.3, 0.4) is 0 Å². The number of nitrogens with one attached hydrogen (secondary N) is 1. The summed E-state index contributed by atoms with van der Waals surface area (Å²) in [7, 11) is 0. The van der Waals surface area contributed by atoms with Gasteiger partial charge in [0.05, 0.1) is 11.1 Å². The molecule has 0 saturated carbocycles. The normalized spacial score (nSPS) is 18.7. The Morgan fingerprint density at radius 1 is 1.29 bits per heavy atom. The molecule has 1 atom stereocenters. The van der Waals surface area contributed by atoms with Gasteiger partial charge in [0.1, 0.15) is 6.04 Å². The number of fused-ring (bicyclic) bond motifs is 1. The molecule has 2 amide bonds. The number of nitrogens with zero attached hydrogens (tertiary/aromatic N) is 2. The van der Waals surface area contributed by atoms with Gasteiger partial charge in [0.15, 0.2) is 0 Å². The maximum absolute atomic E-state index is 12.8. The van der Waals surface area contributed by atoms with Crippen LogP contribution in [0, 0.1) is 0 Å². The minimum absolute atomic E-state index is 0.204. The Morgan fingerprint density at radius 3 is 2.90 bits per heavy atom. The lowest BCUT2D eigenvalue weighted by atomic mass is 10.1. The molecular weight excluding hydrogens is 268 g/mol. The van der Waals surface area contributed by atoms with E-state index in [4.69, 9.17) is 5.73 Å². The van der Waals surface area contributed by atoms with E-state index in [-0.39, 0.29) is 5.91 Å². The highest BCUT2D eigenvalue weighted by Crippen LogP contribution is 2.19. The van der Waals surface area contributed by atoms with Gasteiger partial charge in [-0.2, -0.15) is 0 Å². The molecule has 1 aliphatic rings. The van der Waals surface area contributed by atoms with Gasteiger partial charge >= 0.3 is 0 Å². The first kappa shape index (κ1) is 13.5. The molecule has 1 aromatic carbocycles. The number of piperazine rings is 1. The first-order chi connectivity index (χ1) is 10.2. The van der Waals surface area contributed by atoms with Crippen LogP contribution in [0.4, 0.5) is 0 Å². The van der Waals surface area contributed by atoms with Crippen molar-refractivity contribution < 1.29 is 9.59 Å². The van der Waals surface area contributed by atoms with Gasteiger partial charge in [-0.1, -0.05) is 18.2 Å². The van der Waals surface area contributed by atoms with Crippen LogP contribution in [-0.4, -0.2) is 47.4 Å². The fourth-order valence-corrected chi connectivity index (χ4v) is 2.63. The molecule has 21 heavy (non-hydrogen) atoms. The van der Waals surface area contributed by atoms with Crippen LogP contribution >= 0.6 is 0 Å². The number of carbonyl (C=O) groups is 2. The van der Waals surface area contributed by atoms with Gasteiger partial charge in [0.2, 0.25) is 5.91 Å². The number of hydrogen-bond donors (Lipinski definition) is 2. The molecule has 3 rings (SSSR count). The SMILES string of the molecule is NC(=O)C1CNCCN1C(=O)c1cccc2cccnc12. The third kappa shape index (κ3) is 2.45.